The van der Waals surface area contributed by atoms with Gasteiger partial charge in [-0.2, -0.15) is 0 Å². The highest BCUT2D eigenvalue weighted by Crippen LogP contribution is 2.15. The van der Waals surface area contributed by atoms with Crippen molar-refractivity contribution in [3.63, 3.8) is 0 Å². The van der Waals surface area contributed by atoms with Gasteiger partial charge in [0.15, 0.2) is 0 Å². The Balaban J connectivity index is 1.79. The lowest BCUT2D eigenvalue weighted by Crippen LogP contribution is -2.51. The van der Waals surface area contributed by atoms with Gasteiger partial charge in [-0.05, 0) is 25.0 Å². The van der Waals surface area contributed by atoms with E-state index in [9.17, 15) is 4.79 Å². The molecule has 22 heavy (non-hydrogen) atoms. The Hall–Kier alpha value is -1.43. The van der Waals surface area contributed by atoms with E-state index >= 15 is 0 Å². The number of morpholine rings is 1. The number of ether oxygens (including phenoxy) is 2. The van der Waals surface area contributed by atoms with Crippen LogP contribution in [0, 0.1) is 0 Å². The Labute approximate surface area is 132 Å². The molecule has 2 rings (SSSR count). The van der Waals surface area contributed by atoms with Crippen LogP contribution in [0.5, 0.6) is 0 Å². The maximum absolute atomic E-state index is 12.1. The van der Waals surface area contributed by atoms with Gasteiger partial charge in [-0.25, -0.2) is 0 Å². The summed E-state index contributed by atoms with van der Waals surface area (Å²) >= 11 is 0. The molecule has 1 aromatic rings. The van der Waals surface area contributed by atoms with Gasteiger partial charge in [0, 0.05) is 26.7 Å². The van der Waals surface area contributed by atoms with Crippen LogP contribution < -0.4 is 5.32 Å². The van der Waals surface area contributed by atoms with Crippen molar-refractivity contribution in [2.24, 2.45) is 0 Å². The fourth-order valence-corrected chi connectivity index (χ4v) is 2.70. The van der Waals surface area contributed by atoms with Gasteiger partial charge in [0.05, 0.1) is 25.4 Å². The van der Waals surface area contributed by atoms with E-state index in [1.54, 1.807) is 7.11 Å². The molecule has 1 aliphatic rings. The molecule has 1 aliphatic heterocycles. The fourth-order valence-electron chi connectivity index (χ4n) is 2.70. The molecule has 1 N–H and O–H groups in total. The fraction of sp³-hybridized carbons (Fsp3) is 0.588. The third kappa shape index (κ3) is 5.40. The Morgan fingerprint density at radius 3 is 2.91 bits per heavy atom. The standard InChI is InChI=1S/C17H26N2O3/c1-17(2)13-19(7-8-22-17)11-16(20)18-10-14-5-4-6-15(9-14)12-21-3/h4-6,9H,7-8,10-13H2,1-3H3,(H,18,20). The second-order valence-corrected chi connectivity index (χ2v) is 6.35. The highest BCUT2D eigenvalue weighted by atomic mass is 16.5. The Kier molecular flexibility index (Phi) is 5.94. The van der Waals surface area contributed by atoms with Crippen molar-refractivity contribution < 1.29 is 14.3 Å². The number of carbonyl (C=O) groups excluding carboxylic acids is 1. The highest BCUT2D eigenvalue weighted by Gasteiger charge is 2.27. The first kappa shape index (κ1) is 16.9. The summed E-state index contributed by atoms with van der Waals surface area (Å²) in [6, 6.07) is 8.07. The second-order valence-electron chi connectivity index (χ2n) is 6.35. The Bertz CT molecular complexity index is 502. The molecule has 1 fully saturated rings. The molecule has 1 heterocycles. The van der Waals surface area contributed by atoms with Gasteiger partial charge in [0.2, 0.25) is 5.91 Å². The second kappa shape index (κ2) is 7.72. The van der Waals surface area contributed by atoms with E-state index in [1.165, 1.54) is 0 Å². The number of nitrogens with one attached hydrogen (secondary N) is 1. The molecule has 0 aromatic heterocycles. The average Bonchev–Trinajstić information content (AvgIpc) is 2.45. The van der Waals surface area contributed by atoms with Crippen LogP contribution in [0.2, 0.25) is 0 Å². The summed E-state index contributed by atoms with van der Waals surface area (Å²) in [7, 11) is 1.68. The Morgan fingerprint density at radius 1 is 1.41 bits per heavy atom. The minimum atomic E-state index is -0.174. The predicted octanol–water partition coefficient (Wildman–Crippen LogP) is 1.56. The lowest BCUT2D eigenvalue weighted by atomic mass is 10.1. The molecule has 0 aliphatic carbocycles. The smallest absolute Gasteiger partial charge is 0.234 e. The first-order chi connectivity index (χ1) is 10.5. The number of carbonyl (C=O) groups is 1. The summed E-state index contributed by atoms with van der Waals surface area (Å²) in [4.78, 5) is 14.2. The Morgan fingerprint density at radius 2 is 2.18 bits per heavy atom. The summed E-state index contributed by atoms with van der Waals surface area (Å²) in [5, 5.41) is 2.98. The normalized spacial score (nSPS) is 18.1. The van der Waals surface area contributed by atoms with Crippen LogP contribution >= 0.6 is 0 Å². The molecule has 1 saturated heterocycles. The molecule has 122 valence electrons. The van der Waals surface area contributed by atoms with E-state index in [-0.39, 0.29) is 11.5 Å². The van der Waals surface area contributed by atoms with E-state index in [4.69, 9.17) is 9.47 Å². The van der Waals surface area contributed by atoms with Crippen LogP contribution in [0.3, 0.4) is 0 Å². The maximum Gasteiger partial charge on any atom is 0.234 e. The SMILES string of the molecule is COCc1cccc(CNC(=O)CN2CCOC(C)(C)C2)c1. The summed E-state index contributed by atoms with van der Waals surface area (Å²) < 4.78 is 10.8. The molecule has 5 heteroatoms. The number of hydrogen-bond donors (Lipinski definition) is 1. The molecule has 0 radical (unpaired) electrons. The zero-order chi connectivity index (χ0) is 16.0. The van der Waals surface area contributed by atoms with Gasteiger partial charge in [-0.3, -0.25) is 9.69 Å². The quantitative estimate of drug-likeness (QED) is 0.866. The molecule has 0 bridgehead atoms. The molecule has 0 spiro atoms. The molecule has 0 unspecified atom stereocenters. The van der Waals surface area contributed by atoms with Gasteiger partial charge >= 0.3 is 0 Å². The van der Waals surface area contributed by atoms with Gasteiger partial charge in [0.1, 0.15) is 0 Å². The van der Waals surface area contributed by atoms with Crippen LogP contribution in [0.4, 0.5) is 0 Å². The molecule has 1 amide bonds. The van der Waals surface area contributed by atoms with E-state index < -0.39 is 0 Å². The van der Waals surface area contributed by atoms with E-state index in [1.807, 2.05) is 18.2 Å². The maximum atomic E-state index is 12.1. The van der Waals surface area contributed by atoms with E-state index in [2.05, 4.69) is 30.1 Å². The minimum Gasteiger partial charge on any atom is -0.380 e. The summed E-state index contributed by atoms with van der Waals surface area (Å²) in [5.74, 6) is 0.0508. The van der Waals surface area contributed by atoms with Gasteiger partial charge in [0.25, 0.3) is 0 Å². The molecular weight excluding hydrogens is 280 g/mol. The first-order valence-corrected chi connectivity index (χ1v) is 7.68. The molecule has 5 nitrogen and oxygen atoms in total. The van der Waals surface area contributed by atoms with E-state index in [0.717, 1.165) is 24.2 Å². The van der Waals surface area contributed by atoms with E-state index in [0.29, 0.717) is 26.3 Å². The van der Waals surface area contributed by atoms with Gasteiger partial charge in [-0.1, -0.05) is 24.3 Å². The van der Waals surface area contributed by atoms with Crippen LogP contribution in [0.1, 0.15) is 25.0 Å². The van der Waals surface area contributed by atoms with Crippen molar-refractivity contribution >= 4 is 5.91 Å². The van der Waals surface area contributed by atoms with Crippen LogP contribution in [-0.4, -0.2) is 49.8 Å². The zero-order valence-corrected chi connectivity index (χ0v) is 13.7. The minimum absolute atomic E-state index is 0.0508. The largest absolute Gasteiger partial charge is 0.380 e. The van der Waals surface area contributed by atoms with Crippen molar-refractivity contribution in [2.75, 3.05) is 33.4 Å². The van der Waals surface area contributed by atoms with Gasteiger partial charge in [-0.15, -0.1) is 0 Å². The molecule has 0 saturated carbocycles. The molecular formula is C17H26N2O3. The third-order valence-corrected chi connectivity index (χ3v) is 3.66. The summed E-state index contributed by atoms with van der Waals surface area (Å²) in [5.41, 5.74) is 2.03. The third-order valence-electron chi connectivity index (χ3n) is 3.66. The lowest BCUT2D eigenvalue weighted by molar-refractivity contribution is -0.127. The molecule has 1 aromatic carbocycles. The molecule has 0 atom stereocenters. The average molecular weight is 306 g/mol. The van der Waals surface area contributed by atoms with Crippen LogP contribution in [-0.2, 0) is 27.4 Å². The zero-order valence-electron chi connectivity index (χ0n) is 13.7. The number of hydrogen-bond acceptors (Lipinski definition) is 4. The van der Waals surface area contributed by atoms with Crippen molar-refractivity contribution in [1.29, 1.82) is 0 Å². The lowest BCUT2D eigenvalue weighted by Gasteiger charge is -2.37. The van der Waals surface area contributed by atoms with Gasteiger partial charge < -0.3 is 14.8 Å². The predicted molar refractivity (Wildman–Crippen MR) is 85.5 cm³/mol. The number of benzene rings is 1. The van der Waals surface area contributed by atoms with Crippen molar-refractivity contribution in [3.05, 3.63) is 35.4 Å². The summed E-state index contributed by atoms with van der Waals surface area (Å²) in [6.07, 6.45) is 0. The van der Waals surface area contributed by atoms with Crippen LogP contribution in [0.25, 0.3) is 0 Å². The van der Waals surface area contributed by atoms with Crippen molar-refractivity contribution in [2.45, 2.75) is 32.6 Å². The highest BCUT2D eigenvalue weighted by molar-refractivity contribution is 5.78. The monoisotopic (exact) mass is 306 g/mol. The number of nitrogens with zero attached hydrogens (tertiary/aromatic N) is 1. The summed E-state index contributed by atoms with van der Waals surface area (Å²) in [6.45, 7) is 7.93. The number of methoxy groups -OCH3 is 1. The topological polar surface area (TPSA) is 50.8 Å². The number of amides is 1. The number of rotatable bonds is 6. The van der Waals surface area contributed by atoms with Crippen molar-refractivity contribution in [1.82, 2.24) is 10.2 Å². The first-order valence-electron chi connectivity index (χ1n) is 7.68. The van der Waals surface area contributed by atoms with Crippen molar-refractivity contribution in [3.8, 4) is 0 Å². The van der Waals surface area contributed by atoms with Crippen LogP contribution in [0.15, 0.2) is 24.3 Å².